The van der Waals surface area contributed by atoms with Gasteiger partial charge in [-0.2, -0.15) is 5.10 Å². The summed E-state index contributed by atoms with van der Waals surface area (Å²) in [5, 5.41) is 23.1. The van der Waals surface area contributed by atoms with Gasteiger partial charge in [-0.25, -0.2) is 5.43 Å². The zero-order chi connectivity index (χ0) is 23.9. The monoisotopic (exact) mass is 471 g/mol. The van der Waals surface area contributed by atoms with E-state index >= 15 is 0 Å². The average molecular weight is 472 g/mol. The summed E-state index contributed by atoms with van der Waals surface area (Å²) < 4.78 is 1.96. The van der Waals surface area contributed by atoms with Crippen molar-refractivity contribution in [1.29, 1.82) is 0 Å². The lowest BCUT2D eigenvalue weighted by Gasteiger charge is -2.11. The highest BCUT2D eigenvalue weighted by Crippen LogP contribution is 2.28. The number of rotatable bonds is 8. The normalized spacial score (nSPS) is 11.4. The first-order chi connectivity index (χ1) is 16.5. The smallest absolute Gasteiger partial charge is 0.250 e. The summed E-state index contributed by atoms with van der Waals surface area (Å²) in [7, 11) is 0. The molecule has 34 heavy (non-hydrogen) atoms. The van der Waals surface area contributed by atoms with Gasteiger partial charge < -0.3 is 5.11 Å². The van der Waals surface area contributed by atoms with Crippen molar-refractivity contribution in [1.82, 2.24) is 20.2 Å². The van der Waals surface area contributed by atoms with Crippen molar-refractivity contribution in [3.63, 3.8) is 0 Å². The third-order valence-electron chi connectivity index (χ3n) is 5.14. The summed E-state index contributed by atoms with van der Waals surface area (Å²) in [6.07, 6.45) is 0.639. The summed E-state index contributed by atoms with van der Waals surface area (Å²) >= 11 is 1.30. The van der Waals surface area contributed by atoms with Gasteiger partial charge in [0.2, 0.25) is 0 Å². The van der Waals surface area contributed by atoms with Crippen LogP contribution in [0.1, 0.15) is 24.5 Å². The summed E-state index contributed by atoms with van der Waals surface area (Å²) in [6.45, 7) is 4.00. The Morgan fingerprint density at radius 1 is 1.00 bits per heavy atom. The maximum atomic E-state index is 12.6. The number of hydrogen-bond acceptors (Lipinski definition) is 6. The van der Waals surface area contributed by atoms with E-state index in [1.165, 1.54) is 11.8 Å². The number of benzene rings is 3. The van der Waals surface area contributed by atoms with Gasteiger partial charge in [0.25, 0.3) is 5.91 Å². The molecule has 0 aliphatic carbocycles. The van der Waals surface area contributed by atoms with Crippen molar-refractivity contribution in [2.75, 3.05) is 5.75 Å². The number of hydrogen-bond donors (Lipinski definition) is 2. The highest BCUT2D eigenvalue weighted by molar-refractivity contribution is 7.99. The maximum absolute atomic E-state index is 12.6. The second-order valence-corrected chi connectivity index (χ2v) is 8.57. The van der Waals surface area contributed by atoms with Gasteiger partial charge in [-0.3, -0.25) is 9.36 Å². The number of aromatic nitrogens is 3. The van der Waals surface area contributed by atoms with Gasteiger partial charge in [0, 0.05) is 11.3 Å². The van der Waals surface area contributed by atoms with Gasteiger partial charge >= 0.3 is 0 Å². The van der Waals surface area contributed by atoms with Crippen LogP contribution in [-0.2, 0) is 4.79 Å². The fourth-order valence-electron chi connectivity index (χ4n) is 3.36. The highest BCUT2D eigenvalue weighted by Gasteiger charge is 2.17. The van der Waals surface area contributed by atoms with E-state index in [9.17, 15) is 9.90 Å². The molecule has 3 aromatic carbocycles. The van der Waals surface area contributed by atoms with Crippen molar-refractivity contribution in [2.45, 2.75) is 25.4 Å². The number of aromatic hydroxyl groups is 1. The second kappa shape index (κ2) is 10.8. The Kier molecular flexibility index (Phi) is 7.39. The summed E-state index contributed by atoms with van der Waals surface area (Å²) in [5.74, 6) is 0.794. The molecule has 1 aromatic heterocycles. The molecular formula is C26H25N5O2S. The zero-order valence-corrected chi connectivity index (χ0v) is 19.8. The van der Waals surface area contributed by atoms with Gasteiger partial charge in [-0.1, -0.05) is 66.7 Å². The summed E-state index contributed by atoms with van der Waals surface area (Å²) in [4.78, 5) is 12.6. The topological polar surface area (TPSA) is 92.4 Å². The molecule has 0 bridgehead atoms. The van der Waals surface area contributed by atoms with Crippen LogP contribution in [0, 0.1) is 6.92 Å². The predicted molar refractivity (Wildman–Crippen MR) is 135 cm³/mol. The molecule has 172 valence electrons. The first-order valence-electron chi connectivity index (χ1n) is 10.9. The highest BCUT2D eigenvalue weighted by atomic mass is 32.2. The van der Waals surface area contributed by atoms with Crippen LogP contribution in [0.5, 0.6) is 5.75 Å². The Bertz CT molecular complexity index is 1280. The Balaban J connectivity index is 1.52. The molecule has 0 aliphatic rings. The lowest BCUT2D eigenvalue weighted by atomic mass is 10.1. The maximum Gasteiger partial charge on any atom is 0.250 e. The van der Waals surface area contributed by atoms with E-state index in [0.29, 0.717) is 17.4 Å². The molecule has 2 N–H and O–H groups in total. The van der Waals surface area contributed by atoms with Crippen LogP contribution in [0.4, 0.5) is 0 Å². The van der Waals surface area contributed by atoms with Crippen LogP contribution in [0.15, 0.2) is 89.1 Å². The fraction of sp³-hybridized carbons (Fsp3) is 0.154. The van der Waals surface area contributed by atoms with Crippen LogP contribution >= 0.6 is 11.8 Å². The third-order valence-corrected chi connectivity index (χ3v) is 6.07. The molecule has 7 nitrogen and oxygen atoms in total. The lowest BCUT2D eigenvalue weighted by molar-refractivity contribution is -0.118. The lowest BCUT2D eigenvalue weighted by Crippen LogP contribution is -2.22. The van der Waals surface area contributed by atoms with E-state index in [1.54, 1.807) is 24.3 Å². The fourth-order valence-corrected chi connectivity index (χ4v) is 4.10. The minimum Gasteiger partial charge on any atom is -0.508 e. The van der Waals surface area contributed by atoms with Gasteiger partial charge in [-0.05, 0) is 55.3 Å². The number of hydrazone groups is 1. The second-order valence-electron chi connectivity index (χ2n) is 7.63. The molecule has 4 aromatic rings. The number of phenolic OH excluding ortho intramolecular Hbond substituents is 1. The predicted octanol–water partition coefficient (Wildman–Crippen LogP) is 4.97. The Morgan fingerprint density at radius 2 is 1.71 bits per heavy atom. The van der Waals surface area contributed by atoms with Crippen LogP contribution in [0.3, 0.4) is 0 Å². The van der Waals surface area contributed by atoms with E-state index < -0.39 is 0 Å². The number of nitrogens with zero attached hydrogens (tertiary/aromatic N) is 4. The minimum absolute atomic E-state index is 0.134. The van der Waals surface area contributed by atoms with E-state index in [-0.39, 0.29) is 17.4 Å². The number of carbonyl (C=O) groups excluding carboxylic acids is 1. The van der Waals surface area contributed by atoms with Gasteiger partial charge in [0.05, 0.1) is 11.5 Å². The van der Waals surface area contributed by atoms with Gasteiger partial charge in [0.1, 0.15) is 5.75 Å². The van der Waals surface area contributed by atoms with Crippen LogP contribution in [-0.4, -0.2) is 37.2 Å². The molecule has 0 saturated heterocycles. The van der Waals surface area contributed by atoms with Crippen molar-refractivity contribution < 1.29 is 9.90 Å². The number of carbonyl (C=O) groups is 1. The summed E-state index contributed by atoms with van der Waals surface area (Å²) in [6, 6.07) is 24.7. The molecular weight excluding hydrogens is 446 g/mol. The minimum atomic E-state index is -0.241. The van der Waals surface area contributed by atoms with Crippen LogP contribution < -0.4 is 5.43 Å². The van der Waals surface area contributed by atoms with Gasteiger partial charge in [-0.15, -0.1) is 10.2 Å². The first kappa shape index (κ1) is 23.3. The Hall–Kier alpha value is -3.91. The van der Waals surface area contributed by atoms with Crippen molar-refractivity contribution >= 4 is 23.4 Å². The van der Waals surface area contributed by atoms with E-state index in [4.69, 9.17) is 0 Å². The molecule has 1 amide bonds. The molecule has 0 fully saturated rings. The van der Waals surface area contributed by atoms with E-state index in [2.05, 4.69) is 20.7 Å². The number of amides is 1. The average Bonchev–Trinajstić information content (AvgIpc) is 3.29. The first-order valence-corrected chi connectivity index (χ1v) is 11.9. The zero-order valence-electron chi connectivity index (χ0n) is 19.0. The molecule has 0 saturated carbocycles. The molecule has 8 heteroatoms. The van der Waals surface area contributed by atoms with Gasteiger partial charge in [0.15, 0.2) is 11.0 Å². The standard InChI is InChI=1S/C26H25N5O2S/c1-3-23(19-11-15-22(32)16-12-19)27-28-24(33)17-34-26-30-29-25(20-7-5-4-6-8-20)31(26)21-13-9-18(2)10-14-21/h4-16,32H,3,17H2,1-2H3,(H,28,33)/b27-23+. The largest absolute Gasteiger partial charge is 0.508 e. The van der Waals surface area contributed by atoms with Crippen molar-refractivity contribution in [3.8, 4) is 22.8 Å². The Morgan fingerprint density at radius 3 is 2.38 bits per heavy atom. The SMILES string of the molecule is CC/C(=N\NC(=O)CSc1nnc(-c2ccccc2)n1-c1ccc(C)cc1)c1ccc(O)cc1. The molecule has 0 atom stereocenters. The van der Waals surface area contributed by atoms with Crippen LogP contribution in [0.25, 0.3) is 17.1 Å². The molecule has 0 unspecified atom stereocenters. The third kappa shape index (κ3) is 5.52. The molecule has 1 heterocycles. The van der Waals surface area contributed by atoms with Crippen molar-refractivity contribution in [2.24, 2.45) is 5.10 Å². The molecule has 0 radical (unpaired) electrons. The number of phenols is 1. The molecule has 0 spiro atoms. The van der Waals surface area contributed by atoms with E-state index in [1.807, 2.05) is 73.0 Å². The Labute approximate surface area is 202 Å². The molecule has 4 rings (SSSR count). The molecule has 0 aliphatic heterocycles. The van der Waals surface area contributed by atoms with Crippen molar-refractivity contribution in [3.05, 3.63) is 90.0 Å². The van der Waals surface area contributed by atoms with Crippen LogP contribution in [0.2, 0.25) is 0 Å². The number of aryl methyl sites for hydroxylation is 1. The summed E-state index contributed by atoms with van der Waals surface area (Å²) in [5.41, 5.74) is 7.23. The number of nitrogens with one attached hydrogen (secondary N) is 1. The number of thioether (sulfide) groups is 1. The van der Waals surface area contributed by atoms with E-state index in [0.717, 1.165) is 28.1 Å². The quantitative estimate of drug-likeness (QED) is 0.215.